The Labute approximate surface area is 136 Å². The summed E-state index contributed by atoms with van der Waals surface area (Å²) in [5.41, 5.74) is 1.17. The third-order valence-electron chi connectivity index (χ3n) is 4.78. The van der Waals surface area contributed by atoms with Gasteiger partial charge in [-0.1, -0.05) is 0 Å². The average Bonchev–Trinajstić information content (AvgIpc) is 3.15. The maximum absolute atomic E-state index is 12.6. The van der Waals surface area contributed by atoms with Crippen molar-refractivity contribution in [3.8, 4) is 0 Å². The normalized spacial score (nSPS) is 27.8. The highest BCUT2D eigenvalue weighted by atomic mass is 16.5. The molecule has 23 heavy (non-hydrogen) atoms. The summed E-state index contributed by atoms with van der Waals surface area (Å²) in [5, 5.41) is 7.21. The molecule has 3 heterocycles. The van der Waals surface area contributed by atoms with Gasteiger partial charge in [-0.25, -0.2) is 0 Å². The molecule has 1 amide bonds. The molecule has 3 rings (SSSR count). The van der Waals surface area contributed by atoms with Gasteiger partial charge in [0.1, 0.15) is 0 Å². The van der Waals surface area contributed by atoms with E-state index in [9.17, 15) is 4.79 Å². The van der Waals surface area contributed by atoms with Crippen molar-refractivity contribution in [2.75, 3.05) is 40.0 Å². The molecule has 128 valence electrons. The number of amides is 1. The number of piperidine rings is 1. The van der Waals surface area contributed by atoms with Gasteiger partial charge < -0.3 is 14.8 Å². The molecule has 3 atom stereocenters. The SMILES string of the molecule is COCCNC(=O)[C@H]1CN(Cc2cnn(C)c2)C[C@@H]2OCC[C@@H]21. The summed E-state index contributed by atoms with van der Waals surface area (Å²) in [6, 6.07) is 0. The minimum Gasteiger partial charge on any atom is -0.383 e. The van der Waals surface area contributed by atoms with Gasteiger partial charge >= 0.3 is 0 Å². The Kier molecular flexibility index (Phi) is 5.30. The molecule has 0 bridgehead atoms. The highest BCUT2D eigenvalue weighted by Crippen LogP contribution is 2.34. The van der Waals surface area contributed by atoms with Crippen LogP contribution in [0, 0.1) is 11.8 Å². The van der Waals surface area contributed by atoms with Crippen LogP contribution in [0.15, 0.2) is 12.4 Å². The lowest BCUT2D eigenvalue weighted by molar-refractivity contribution is -0.131. The number of aryl methyl sites for hydroxylation is 1. The summed E-state index contributed by atoms with van der Waals surface area (Å²) in [7, 11) is 3.56. The summed E-state index contributed by atoms with van der Waals surface area (Å²) >= 11 is 0. The zero-order chi connectivity index (χ0) is 16.2. The molecule has 0 radical (unpaired) electrons. The molecule has 2 aliphatic rings. The molecule has 1 N–H and O–H groups in total. The molecule has 7 heteroatoms. The van der Waals surface area contributed by atoms with Crippen LogP contribution in [0.2, 0.25) is 0 Å². The van der Waals surface area contributed by atoms with Gasteiger partial charge in [-0.3, -0.25) is 14.4 Å². The first-order chi connectivity index (χ1) is 11.2. The smallest absolute Gasteiger partial charge is 0.224 e. The summed E-state index contributed by atoms with van der Waals surface area (Å²) in [6.07, 6.45) is 5.05. The van der Waals surface area contributed by atoms with Gasteiger partial charge in [0.25, 0.3) is 0 Å². The van der Waals surface area contributed by atoms with Crippen LogP contribution in [0.4, 0.5) is 0 Å². The third kappa shape index (κ3) is 3.91. The third-order valence-corrected chi connectivity index (χ3v) is 4.78. The number of rotatable bonds is 6. The number of fused-ring (bicyclic) bond motifs is 1. The quantitative estimate of drug-likeness (QED) is 0.748. The lowest BCUT2D eigenvalue weighted by Gasteiger charge is -2.39. The summed E-state index contributed by atoms with van der Waals surface area (Å²) in [5.74, 6) is 0.450. The predicted octanol–water partition coefficient (Wildman–Crippen LogP) is 0.0196. The van der Waals surface area contributed by atoms with Crippen molar-refractivity contribution in [3.05, 3.63) is 18.0 Å². The lowest BCUT2D eigenvalue weighted by Crippen LogP contribution is -2.52. The van der Waals surface area contributed by atoms with Crippen LogP contribution >= 0.6 is 0 Å². The van der Waals surface area contributed by atoms with Crippen LogP contribution in [-0.4, -0.2) is 66.6 Å². The van der Waals surface area contributed by atoms with Crippen molar-refractivity contribution < 1.29 is 14.3 Å². The van der Waals surface area contributed by atoms with Gasteiger partial charge in [0.2, 0.25) is 5.91 Å². The minimum atomic E-state index is -0.00947. The van der Waals surface area contributed by atoms with E-state index in [1.807, 2.05) is 24.1 Å². The first-order valence-electron chi connectivity index (χ1n) is 8.25. The van der Waals surface area contributed by atoms with E-state index < -0.39 is 0 Å². The standard InChI is InChI=1S/C16H26N4O3/c1-19-8-12(7-18-19)9-20-10-14(16(21)17-4-6-22-2)13-3-5-23-15(13)11-20/h7-8,13-15H,3-6,9-11H2,1-2H3,(H,17,21)/t13-,14+,15+/m1/s1. The van der Waals surface area contributed by atoms with Crippen LogP contribution in [-0.2, 0) is 27.9 Å². The molecule has 0 unspecified atom stereocenters. The lowest BCUT2D eigenvalue weighted by atomic mass is 9.82. The second kappa shape index (κ2) is 7.42. The van der Waals surface area contributed by atoms with Gasteiger partial charge in [-0.2, -0.15) is 5.10 Å². The van der Waals surface area contributed by atoms with Crippen LogP contribution in [0.25, 0.3) is 0 Å². The van der Waals surface area contributed by atoms with E-state index in [1.54, 1.807) is 7.11 Å². The Morgan fingerprint density at radius 2 is 2.39 bits per heavy atom. The van der Waals surface area contributed by atoms with Crippen molar-refractivity contribution in [1.29, 1.82) is 0 Å². The van der Waals surface area contributed by atoms with Crippen molar-refractivity contribution in [3.63, 3.8) is 0 Å². The van der Waals surface area contributed by atoms with Crippen molar-refractivity contribution in [2.24, 2.45) is 18.9 Å². The molecule has 2 aliphatic heterocycles. The summed E-state index contributed by atoms with van der Waals surface area (Å²) < 4.78 is 12.7. The average molecular weight is 322 g/mol. The molecule has 0 aromatic carbocycles. The molecule has 1 aromatic heterocycles. The van der Waals surface area contributed by atoms with Gasteiger partial charge in [-0.15, -0.1) is 0 Å². The minimum absolute atomic E-state index is 0.00947. The number of ether oxygens (including phenoxy) is 2. The van der Waals surface area contributed by atoms with E-state index in [0.717, 1.165) is 32.7 Å². The molecular formula is C16H26N4O3. The topological polar surface area (TPSA) is 68.6 Å². The maximum Gasteiger partial charge on any atom is 0.224 e. The summed E-state index contributed by atoms with van der Waals surface area (Å²) in [6.45, 7) is 4.34. The van der Waals surface area contributed by atoms with E-state index in [1.165, 1.54) is 5.56 Å². The fraction of sp³-hybridized carbons (Fsp3) is 0.750. The van der Waals surface area contributed by atoms with E-state index >= 15 is 0 Å². The van der Waals surface area contributed by atoms with Crippen LogP contribution < -0.4 is 5.32 Å². The number of methoxy groups -OCH3 is 1. The second-order valence-corrected chi connectivity index (χ2v) is 6.47. The Hall–Kier alpha value is -1.44. The fourth-order valence-electron chi connectivity index (χ4n) is 3.68. The Bertz CT molecular complexity index is 533. The Balaban J connectivity index is 1.63. The molecule has 0 saturated carbocycles. The zero-order valence-electron chi connectivity index (χ0n) is 13.9. The molecule has 2 saturated heterocycles. The van der Waals surface area contributed by atoms with E-state index in [0.29, 0.717) is 19.1 Å². The molecule has 0 spiro atoms. The number of carbonyl (C=O) groups excluding carboxylic acids is 1. The highest BCUT2D eigenvalue weighted by Gasteiger charge is 2.43. The number of hydrogen-bond donors (Lipinski definition) is 1. The van der Waals surface area contributed by atoms with Crippen molar-refractivity contribution >= 4 is 5.91 Å². The molecule has 0 aliphatic carbocycles. The fourth-order valence-corrected chi connectivity index (χ4v) is 3.68. The number of hydrogen-bond acceptors (Lipinski definition) is 5. The molecule has 2 fully saturated rings. The summed E-state index contributed by atoms with van der Waals surface area (Å²) in [4.78, 5) is 14.9. The van der Waals surface area contributed by atoms with Crippen LogP contribution in [0.5, 0.6) is 0 Å². The predicted molar refractivity (Wildman–Crippen MR) is 84.7 cm³/mol. The first-order valence-corrected chi connectivity index (χ1v) is 8.25. The number of aromatic nitrogens is 2. The van der Waals surface area contributed by atoms with E-state index in [4.69, 9.17) is 9.47 Å². The molecular weight excluding hydrogens is 296 g/mol. The van der Waals surface area contributed by atoms with E-state index in [-0.39, 0.29) is 17.9 Å². The zero-order valence-corrected chi connectivity index (χ0v) is 13.9. The largest absolute Gasteiger partial charge is 0.383 e. The highest BCUT2D eigenvalue weighted by molar-refractivity contribution is 5.79. The van der Waals surface area contributed by atoms with Crippen molar-refractivity contribution in [1.82, 2.24) is 20.0 Å². The number of likely N-dealkylation sites (tertiary alicyclic amines) is 1. The Morgan fingerprint density at radius 3 is 3.13 bits per heavy atom. The number of nitrogens with zero attached hydrogens (tertiary/aromatic N) is 3. The number of nitrogens with one attached hydrogen (secondary N) is 1. The van der Waals surface area contributed by atoms with Crippen LogP contribution in [0.3, 0.4) is 0 Å². The van der Waals surface area contributed by atoms with Crippen LogP contribution in [0.1, 0.15) is 12.0 Å². The van der Waals surface area contributed by atoms with Crippen molar-refractivity contribution in [2.45, 2.75) is 19.1 Å². The van der Waals surface area contributed by atoms with Gasteiger partial charge in [0.15, 0.2) is 0 Å². The maximum atomic E-state index is 12.6. The first kappa shape index (κ1) is 16.4. The van der Waals surface area contributed by atoms with Gasteiger partial charge in [0, 0.05) is 64.6 Å². The molecule has 7 nitrogen and oxygen atoms in total. The number of carbonyl (C=O) groups is 1. The van der Waals surface area contributed by atoms with Gasteiger partial charge in [-0.05, 0) is 6.42 Å². The van der Waals surface area contributed by atoms with Gasteiger partial charge in [0.05, 0.1) is 24.8 Å². The second-order valence-electron chi connectivity index (χ2n) is 6.47. The molecule has 1 aromatic rings. The Morgan fingerprint density at radius 1 is 1.52 bits per heavy atom. The van der Waals surface area contributed by atoms with E-state index in [2.05, 4.69) is 15.3 Å². The monoisotopic (exact) mass is 322 g/mol.